The Labute approximate surface area is 55.3 Å². The Bertz CT molecular complexity index is 86.5. The van der Waals surface area contributed by atoms with Crippen molar-refractivity contribution in [3.05, 3.63) is 11.1 Å². The maximum Gasteiger partial charge on any atom is 0.00371 e. The first-order chi connectivity index (χ1) is 3.72. The Morgan fingerprint density at radius 1 is 1.62 bits per heavy atom. The summed E-state index contributed by atoms with van der Waals surface area (Å²) in [5, 5.41) is 0. The van der Waals surface area contributed by atoms with Gasteiger partial charge in [0.15, 0.2) is 0 Å². The third-order valence-electron chi connectivity index (χ3n) is 0.969. The van der Waals surface area contributed by atoms with Crippen molar-refractivity contribution < 1.29 is 0 Å². The molecular weight excluding hydrogens is 118 g/mol. The summed E-state index contributed by atoms with van der Waals surface area (Å²) >= 11 is 1.71. The van der Waals surface area contributed by atoms with Crippen molar-refractivity contribution in [2.24, 2.45) is 11.7 Å². The van der Waals surface area contributed by atoms with Gasteiger partial charge in [0.25, 0.3) is 0 Å². The monoisotopic (exact) mass is 131 g/mol. The van der Waals surface area contributed by atoms with Crippen molar-refractivity contribution in [1.82, 2.24) is 0 Å². The average Bonchev–Trinajstić information content (AvgIpc) is 1.69. The fraction of sp³-hybridized carbons (Fsp3) is 0.667. The van der Waals surface area contributed by atoms with Crippen LogP contribution in [0, 0.1) is 5.92 Å². The van der Waals surface area contributed by atoms with Crippen molar-refractivity contribution in [3.8, 4) is 0 Å². The first kappa shape index (κ1) is 7.89. The van der Waals surface area contributed by atoms with Gasteiger partial charge in [-0.15, -0.1) is 11.8 Å². The maximum atomic E-state index is 5.30. The molecule has 0 aromatic carbocycles. The van der Waals surface area contributed by atoms with E-state index in [9.17, 15) is 0 Å². The molecule has 0 bridgehead atoms. The molecule has 0 rings (SSSR count). The van der Waals surface area contributed by atoms with Gasteiger partial charge in [0.05, 0.1) is 0 Å². The second kappa shape index (κ2) is 3.84. The van der Waals surface area contributed by atoms with Gasteiger partial charge in [0.1, 0.15) is 0 Å². The lowest BCUT2D eigenvalue weighted by Crippen LogP contribution is -1.92. The number of rotatable bonds is 2. The summed E-state index contributed by atoms with van der Waals surface area (Å²) in [5.74, 6) is 0.579. The molecule has 8 heavy (non-hydrogen) atoms. The lowest BCUT2D eigenvalue weighted by molar-refractivity contribution is 0.814. The van der Waals surface area contributed by atoms with Crippen LogP contribution >= 0.6 is 11.8 Å². The van der Waals surface area contributed by atoms with Crippen LogP contribution in [0.15, 0.2) is 11.1 Å². The van der Waals surface area contributed by atoms with Gasteiger partial charge >= 0.3 is 0 Å². The van der Waals surface area contributed by atoms with Crippen LogP contribution in [0.2, 0.25) is 0 Å². The molecule has 0 heterocycles. The van der Waals surface area contributed by atoms with E-state index in [1.54, 1.807) is 18.0 Å². The van der Waals surface area contributed by atoms with E-state index in [2.05, 4.69) is 13.8 Å². The zero-order valence-corrected chi connectivity index (χ0v) is 6.46. The maximum absolute atomic E-state index is 5.30. The molecule has 0 fully saturated rings. The zero-order valence-electron chi connectivity index (χ0n) is 5.64. The number of allylic oxidation sites excluding steroid dienone is 1. The highest BCUT2D eigenvalue weighted by Gasteiger charge is 1.97. The summed E-state index contributed by atoms with van der Waals surface area (Å²) in [4.78, 5) is 1.25. The molecule has 2 N–H and O–H groups in total. The third kappa shape index (κ3) is 2.26. The second-order valence-electron chi connectivity index (χ2n) is 1.93. The fourth-order valence-electron chi connectivity index (χ4n) is 0.496. The van der Waals surface area contributed by atoms with Gasteiger partial charge < -0.3 is 5.73 Å². The molecule has 0 aliphatic carbocycles. The van der Waals surface area contributed by atoms with E-state index >= 15 is 0 Å². The third-order valence-corrected chi connectivity index (χ3v) is 2.05. The number of hydrogen-bond donors (Lipinski definition) is 1. The van der Waals surface area contributed by atoms with E-state index in [1.807, 2.05) is 6.26 Å². The SMILES string of the molecule is CS/C(=C\N)C(C)C. The van der Waals surface area contributed by atoms with Crippen LogP contribution in [0.4, 0.5) is 0 Å². The molecule has 0 amide bonds. The smallest absolute Gasteiger partial charge is 0.00371 e. The van der Waals surface area contributed by atoms with Crippen LogP contribution in [0.1, 0.15) is 13.8 Å². The highest BCUT2D eigenvalue weighted by atomic mass is 32.2. The minimum Gasteiger partial charge on any atom is -0.404 e. The van der Waals surface area contributed by atoms with Crippen molar-refractivity contribution >= 4 is 11.8 Å². The molecule has 0 spiro atoms. The van der Waals surface area contributed by atoms with Crippen molar-refractivity contribution in [2.75, 3.05) is 6.26 Å². The summed E-state index contributed by atoms with van der Waals surface area (Å²) in [5.41, 5.74) is 5.30. The van der Waals surface area contributed by atoms with Gasteiger partial charge in [-0.05, 0) is 12.2 Å². The highest BCUT2D eigenvalue weighted by Crippen LogP contribution is 2.18. The molecule has 0 atom stereocenters. The Hall–Kier alpha value is -0.110. The molecule has 0 unspecified atom stereocenters. The second-order valence-corrected chi connectivity index (χ2v) is 2.81. The van der Waals surface area contributed by atoms with Crippen LogP contribution in [0.3, 0.4) is 0 Å². The van der Waals surface area contributed by atoms with Crippen LogP contribution in [-0.2, 0) is 0 Å². The summed E-state index contributed by atoms with van der Waals surface area (Å²) in [7, 11) is 0. The first-order valence-corrected chi connectivity index (χ1v) is 3.90. The minimum absolute atomic E-state index is 0.579. The molecule has 0 aliphatic rings. The Morgan fingerprint density at radius 2 is 2.12 bits per heavy atom. The average molecular weight is 131 g/mol. The van der Waals surface area contributed by atoms with Crippen LogP contribution < -0.4 is 5.73 Å². The van der Waals surface area contributed by atoms with Crippen molar-refractivity contribution in [2.45, 2.75) is 13.8 Å². The lowest BCUT2D eigenvalue weighted by Gasteiger charge is -2.04. The van der Waals surface area contributed by atoms with Crippen molar-refractivity contribution in [1.29, 1.82) is 0 Å². The van der Waals surface area contributed by atoms with Crippen LogP contribution in [0.25, 0.3) is 0 Å². The van der Waals surface area contributed by atoms with E-state index in [4.69, 9.17) is 5.73 Å². The van der Waals surface area contributed by atoms with E-state index in [-0.39, 0.29) is 0 Å². The van der Waals surface area contributed by atoms with Crippen LogP contribution in [0.5, 0.6) is 0 Å². The van der Waals surface area contributed by atoms with Crippen molar-refractivity contribution in [3.63, 3.8) is 0 Å². The Kier molecular flexibility index (Phi) is 3.79. The van der Waals surface area contributed by atoms with Gasteiger partial charge in [0.2, 0.25) is 0 Å². The molecule has 0 aliphatic heterocycles. The van der Waals surface area contributed by atoms with Gasteiger partial charge in [-0.1, -0.05) is 13.8 Å². The Morgan fingerprint density at radius 3 is 2.12 bits per heavy atom. The summed E-state index contributed by atoms with van der Waals surface area (Å²) < 4.78 is 0. The predicted octanol–water partition coefficient (Wildman–Crippen LogP) is 1.81. The molecule has 48 valence electrons. The summed E-state index contributed by atoms with van der Waals surface area (Å²) in [6, 6.07) is 0. The van der Waals surface area contributed by atoms with E-state index < -0.39 is 0 Å². The molecule has 0 aromatic rings. The molecule has 0 radical (unpaired) electrons. The van der Waals surface area contributed by atoms with E-state index in [0.717, 1.165) is 0 Å². The predicted molar refractivity (Wildman–Crippen MR) is 40.6 cm³/mol. The van der Waals surface area contributed by atoms with E-state index in [1.165, 1.54) is 4.91 Å². The molecular formula is C6H13NS. The standard InChI is InChI=1S/C6H13NS/c1-5(2)6(4-7)8-3/h4-5H,7H2,1-3H3/b6-4-. The largest absolute Gasteiger partial charge is 0.404 e. The molecule has 0 saturated carbocycles. The molecule has 0 saturated heterocycles. The quantitative estimate of drug-likeness (QED) is 0.618. The normalized spacial score (nSPS) is 12.8. The first-order valence-electron chi connectivity index (χ1n) is 2.68. The lowest BCUT2D eigenvalue weighted by atomic mass is 10.2. The highest BCUT2D eigenvalue weighted by molar-refractivity contribution is 8.02. The molecule has 2 heteroatoms. The number of thioether (sulfide) groups is 1. The van der Waals surface area contributed by atoms with Crippen LogP contribution in [-0.4, -0.2) is 6.26 Å². The molecule has 0 aromatic heterocycles. The molecule has 1 nitrogen and oxygen atoms in total. The Balaban J connectivity index is 3.72. The number of nitrogens with two attached hydrogens (primary N) is 1. The topological polar surface area (TPSA) is 26.0 Å². The van der Waals surface area contributed by atoms with Gasteiger partial charge in [-0.3, -0.25) is 0 Å². The summed E-state index contributed by atoms with van der Waals surface area (Å²) in [6.07, 6.45) is 3.72. The minimum atomic E-state index is 0.579. The van der Waals surface area contributed by atoms with Gasteiger partial charge in [0, 0.05) is 11.1 Å². The van der Waals surface area contributed by atoms with E-state index in [0.29, 0.717) is 5.92 Å². The van der Waals surface area contributed by atoms with Gasteiger partial charge in [-0.25, -0.2) is 0 Å². The van der Waals surface area contributed by atoms with Gasteiger partial charge in [-0.2, -0.15) is 0 Å². The fourth-order valence-corrected chi connectivity index (χ4v) is 1.10. The number of hydrogen-bond acceptors (Lipinski definition) is 2. The zero-order chi connectivity index (χ0) is 6.57. The summed E-state index contributed by atoms with van der Waals surface area (Å²) in [6.45, 7) is 4.27.